The summed E-state index contributed by atoms with van der Waals surface area (Å²) >= 11 is 5.77. The van der Waals surface area contributed by atoms with Crippen LogP contribution in [0.15, 0.2) is 28.7 Å². The quantitative estimate of drug-likeness (QED) is 0.689. The Morgan fingerprint density at radius 1 is 1.24 bits per heavy atom. The first-order valence-electron chi connectivity index (χ1n) is 6.20. The molecule has 0 fully saturated rings. The van der Waals surface area contributed by atoms with Crippen molar-refractivity contribution in [3.8, 4) is 17.0 Å². The van der Waals surface area contributed by atoms with Crippen LogP contribution in [0.25, 0.3) is 22.4 Å². The van der Waals surface area contributed by atoms with Gasteiger partial charge in [0.1, 0.15) is 11.3 Å². The Bertz CT molecular complexity index is 771. The highest BCUT2D eigenvalue weighted by Gasteiger charge is 2.14. The Hall–Kier alpha value is -2.18. The number of rotatable bonds is 4. The van der Waals surface area contributed by atoms with Crippen LogP contribution in [0.3, 0.4) is 0 Å². The number of nitrogens with zero attached hydrogens (tertiary/aromatic N) is 3. The van der Waals surface area contributed by atoms with E-state index in [0.717, 1.165) is 5.56 Å². The van der Waals surface area contributed by atoms with Crippen molar-refractivity contribution < 1.29 is 13.9 Å². The maximum absolute atomic E-state index is 5.77. The number of methoxy groups -OCH3 is 1. The van der Waals surface area contributed by atoms with Gasteiger partial charge in [-0.25, -0.2) is 4.98 Å². The lowest BCUT2D eigenvalue weighted by molar-refractivity contribution is 0.0516. The zero-order valence-electron chi connectivity index (χ0n) is 11.5. The van der Waals surface area contributed by atoms with Crippen molar-refractivity contribution >= 4 is 22.7 Å². The lowest BCUT2D eigenvalue weighted by atomic mass is 10.1. The van der Waals surface area contributed by atoms with Gasteiger partial charge in [-0.15, -0.1) is 10.2 Å². The van der Waals surface area contributed by atoms with Gasteiger partial charge in [-0.2, -0.15) is 0 Å². The number of hydrogen-bond donors (Lipinski definition) is 0. The van der Waals surface area contributed by atoms with Gasteiger partial charge in [-0.3, -0.25) is 0 Å². The highest BCUT2D eigenvalue weighted by atomic mass is 35.5. The van der Waals surface area contributed by atoms with Gasteiger partial charge in [0.25, 0.3) is 0 Å². The lowest BCUT2D eigenvalue weighted by Gasteiger charge is -2.09. The molecule has 0 amide bonds. The zero-order chi connectivity index (χ0) is 14.8. The molecule has 108 valence electrons. The highest BCUT2D eigenvalue weighted by Crippen LogP contribution is 2.33. The number of aromatic nitrogens is 3. The number of aryl methyl sites for hydroxylation is 1. The van der Waals surface area contributed by atoms with Gasteiger partial charge in [-0.05, 0) is 18.2 Å². The summed E-state index contributed by atoms with van der Waals surface area (Å²) in [7, 11) is 1.56. The molecule has 0 unspecified atom stereocenters. The van der Waals surface area contributed by atoms with E-state index >= 15 is 0 Å². The van der Waals surface area contributed by atoms with Crippen molar-refractivity contribution in [2.45, 2.75) is 6.92 Å². The summed E-state index contributed by atoms with van der Waals surface area (Å²) in [5.74, 6) is 1.18. The molecule has 0 aliphatic rings. The van der Waals surface area contributed by atoms with E-state index in [4.69, 9.17) is 25.5 Å². The Morgan fingerprint density at radius 2 is 2.10 bits per heavy atom. The second-order valence-corrected chi connectivity index (χ2v) is 4.73. The van der Waals surface area contributed by atoms with Crippen molar-refractivity contribution in [3.05, 3.63) is 35.3 Å². The lowest BCUT2D eigenvalue weighted by Crippen LogP contribution is -2.01. The van der Waals surface area contributed by atoms with Crippen molar-refractivity contribution in [1.82, 2.24) is 15.2 Å². The minimum absolute atomic E-state index is 0.121. The van der Waals surface area contributed by atoms with E-state index in [1.807, 2.05) is 6.07 Å². The molecule has 1 aromatic carbocycles. The largest absolute Gasteiger partial charge is 0.467 e. The van der Waals surface area contributed by atoms with Crippen LogP contribution in [-0.2, 0) is 4.74 Å². The van der Waals surface area contributed by atoms with Crippen LogP contribution in [-0.4, -0.2) is 29.1 Å². The molecule has 2 aromatic heterocycles. The summed E-state index contributed by atoms with van der Waals surface area (Å²) in [5.41, 5.74) is 2.73. The third-order valence-corrected chi connectivity index (χ3v) is 3.04. The van der Waals surface area contributed by atoms with E-state index in [0.29, 0.717) is 33.6 Å². The molecule has 3 rings (SSSR count). The Morgan fingerprint density at radius 3 is 2.81 bits per heavy atom. The molecule has 0 aliphatic carbocycles. The zero-order valence-corrected chi connectivity index (χ0v) is 12.2. The number of oxazole rings is 1. The van der Waals surface area contributed by atoms with Crippen molar-refractivity contribution in [2.75, 3.05) is 13.9 Å². The molecule has 0 aliphatic heterocycles. The molecule has 3 aromatic rings. The molecular weight excluding hydrogens is 294 g/mol. The maximum Gasteiger partial charge on any atom is 0.192 e. The fraction of sp³-hybridized carbons (Fsp3) is 0.214. The van der Waals surface area contributed by atoms with Crippen molar-refractivity contribution in [1.29, 1.82) is 0 Å². The summed E-state index contributed by atoms with van der Waals surface area (Å²) < 4.78 is 16.1. The molecular formula is C14H12ClN3O3. The number of hydrogen-bond acceptors (Lipinski definition) is 6. The van der Waals surface area contributed by atoms with E-state index in [2.05, 4.69) is 15.2 Å². The Labute approximate surface area is 125 Å². The summed E-state index contributed by atoms with van der Waals surface area (Å²) in [6, 6.07) is 7.04. The van der Waals surface area contributed by atoms with E-state index < -0.39 is 0 Å². The second-order valence-electron chi connectivity index (χ2n) is 4.34. The minimum atomic E-state index is 0.121. The van der Waals surface area contributed by atoms with Gasteiger partial charge in [0, 0.05) is 25.7 Å². The normalized spacial score (nSPS) is 11.0. The average Bonchev–Trinajstić information content (AvgIpc) is 2.84. The summed E-state index contributed by atoms with van der Waals surface area (Å²) in [6.45, 7) is 1.91. The molecule has 0 spiro atoms. The summed E-state index contributed by atoms with van der Waals surface area (Å²) in [6.07, 6.45) is 0. The highest BCUT2D eigenvalue weighted by molar-refractivity contribution is 6.29. The molecule has 0 saturated carbocycles. The fourth-order valence-electron chi connectivity index (χ4n) is 1.97. The van der Waals surface area contributed by atoms with Crippen LogP contribution < -0.4 is 4.74 Å². The van der Waals surface area contributed by atoms with E-state index in [1.54, 1.807) is 32.2 Å². The number of benzene rings is 1. The topological polar surface area (TPSA) is 70.3 Å². The van der Waals surface area contributed by atoms with Gasteiger partial charge in [0.15, 0.2) is 23.4 Å². The molecule has 0 N–H and O–H groups in total. The first-order chi connectivity index (χ1) is 10.2. The standard InChI is InChI=1S/C14H12ClN3O3/c1-8-16-11-6-12(20-7-19-2)9(5-13(11)21-8)10-3-4-14(15)18-17-10/h3-6H,7H2,1-2H3. The van der Waals surface area contributed by atoms with E-state index in [-0.39, 0.29) is 6.79 Å². The van der Waals surface area contributed by atoms with Crippen LogP contribution in [0.2, 0.25) is 5.15 Å². The summed E-state index contributed by atoms with van der Waals surface area (Å²) in [5, 5.41) is 8.24. The van der Waals surface area contributed by atoms with Gasteiger partial charge in [-0.1, -0.05) is 11.6 Å². The maximum atomic E-state index is 5.77. The molecule has 7 heteroatoms. The minimum Gasteiger partial charge on any atom is -0.467 e. The molecule has 0 radical (unpaired) electrons. The van der Waals surface area contributed by atoms with Crippen molar-refractivity contribution in [2.24, 2.45) is 0 Å². The summed E-state index contributed by atoms with van der Waals surface area (Å²) in [4.78, 5) is 4.29. The predicted molar refractivity (Wildman–Crippen MR) is 77.3 cm³/mol. The third kappa shape index (κ3) is 2.81. The molecule has 2 heterocycles. The monoisotopic (exact) mass is 305 g/mol. The average molecular weight is 306 g/mol. The Balaban J connectivity index is 2.14. The molecule has 0 bridgehead atoms. The smallest absolute Gasteiger partial charge is 0.192 e. The molecule has 6 nitrogen and oxygen atoms in total. The number of halogens is 1. The van der Waals surface area contributed by atoms with Gasteiger partial charge >= 0.3 is 0 Å². The van der Waals surface area contributed by atoms with Crippen molar-refractivity contribution in [3.63, 3.8) is 0 Å². The van der Waals surface area contributed by atoms with Gasteiger partial charge < -0.3 is 13.9 Å². The van der Waals surface area contributed by atoms with Crippen LogP contribution in [0.5, 0.6) is 5.75 Å². The second kappa shape index (κ2) is 5.67. The third-order valence-electron chi connectivity index (χ3n) is 2.84. The fourth-order valence-corrected chi connectivity index (χ4v) is 2.07. The number of ether oxygens (including phenoxy) is 2. The Kier molecular flexibility index (Phi) is 3.72. The number of fused-ring (bicyclic) bond motifs is 1. The van der Waals surface area contributed by atoms with E-state index in [1.165, 1.54) is 0 Å². The molecule has 0 atom stereocenters. The van der Waals surface area contributed by atoms with Gasteiger partial charge in [0.2, 0.25) is 0 Å². The van der Waals surface area contributed by atoms with Crippen LogP contribution in [0.1, 0.15) is 5.89 Å². The molecule has 0 saturated heterocycles. The van der Waals surface area contributed by atoms with E-state index in [9.17, 15) is 0 Å². The predicted octanol–water partition coefficient (Wildman–Crippen LogP) is 3.23. The van der Waals surface area contributed by atoms with Crippen LogP contribution in [0, 0.1) is 6.92 Å². The first-order valence-corrected chi connectivity index (χ1v) is 6.57. The first kappa shape index (κ1) is 13.8. The van der Waals surface area contributed by atoms with Crippen LogP contribution >= 0.6 is 11.6 Å². The van der Waals surface area contributed by atoms with Crippen LogP contribution in [0.4, 0.5) is 0 Å². The van der Waals surface area contributed by atoms with Gasteiger partial charge in [0.05, 0.1) is 5.69 Å². The molecule has 21 heavy (non-hydrogen) atoms. The SMILES string of the molecule is COCOc1cc2nc(C)oc2cc1-c1ccc(Cl)nn1.